The van der Waals surface area contributed by atoms with Crippen LogP contribution < -0.4 is 0 Å². The molecule has 0 spiro atoms. The van der Waals surface area contributed by atoms with Gasteiger partial charge in [0, 0.05) is 24.6 Å². The summed E-state index contributed by atoms with van der Waals surface area (Å²) in [5.41, 5.74) is 3.89. The third-order valence-corrected chi connectivity index (χ3v) is 6.95. The number of benzene rings is 1. The van der Waals surface area contributed by atoms with Crippen molar-refractivity contribution in [1.82, 2.24) is 14.8 Å². The molecular formula is C23H20N4OS2. The highest BCUT2D eigenvalue weighted by Crippen LogP contribution is 2.40. The summed E-state index contributed by atoms with van der Waals surface area (Å²) >= 11 is 3.31. The lowest BCUT2D eigenvalue weighted by Crippen LogP contribution is -2.26. The molecule has 0 fully saturated rings. The van der Waals surface area contributed by atoms with Crippen molar-refractivity contribution in [1.29, 1.82) is 0 Å². The van der Waals surface area contributed by atoms with Crippen molar-refractivity contribution in [2.24, 2.45) is 5.10 Å². The standard InChI is InChI=1S/C23H20N4OS2/c1-2-22(28)27-19(14-18(24-27)20-10-6-12-29-20)17-15-26(16-8-4-3-5-9-16)25-23(17)21-11-7-13-30-21/h3-13,15,19H,2,14H2,1H3. The first kappa shape index (κ1) is 19.0. The van der Waals surface area contributed by atoms with Crippen molar-refractivity contribution in [3.8, 4) is 16.3 Å². The number of carbonyl (C=O) groups is 1. The van der Waals surface area contributed by atoms with Crippen molar-refractivity contribution in [3.05, 3.63) is 82.0 Å². The molecule has 0 bridgehead atoms. The van der Waals surface area contributed by atoms with Crippen LogP contribution in [0.5, 0.6) is 0 Å². The number of rotatable bonds is 5. The first-order valence-electron chi connectivity index (χ1n) is 9.87. The average molecular weight is 433 g/mol. The molecule has 5 nitrogen and oxygen atoms in total. The highest BCUT2D eigenvalue weighted by Gasteiger charge is 2.35. The molecule has 1 aliphatic rings. The molecule has 0 N–H and O–H groups in total. The number of hydrogen-bond acceptors (Lipinski definition) is 5. The van der Waals surface area contributed by atoms with E-state index in [0.717, 1.165) is 32.4 Å². The van der Waals surface area contributed by atoms with E-state index in [1.54, 1.807) is 27.7 Å². The van der Waals surface area contributed by atoms with Gasteiger partial charge in [-0.05, 0) is 35.0 Å². The minimum atomic E-state index is -0.163. The Morgan fingerprint density at radius 3 is 2.43 bits per heavy atom. The van der Waals surface area contributed by atoms with Gasteiger partial charge in [0.2, 0.25) is 5.91 Å². The van der Waals surface area contributed by atoms with Crippen LogP contribution in [-0.2, 0) is 4.79 Å². The molecule has 0 saturated heterocycles. The summed E-state index contributed by atoms with van der Waals surface area (Å²) in [5.74, 6) is 0.0242. The van der Waals surface area contributed by atoms with Crippen LogP contribution in [0.25, 0.3) is 16.3 Å². The molecule has 150 valence electrons. The molecular weight excluding hydrogens is 412 g/mol. The number of para-hydroxylation sites is 1. The molecule has 1 atom stereocenters. The smallest absolute Gasteiger partial charge is 0.242 e. The predicted molar refractivity (Wildman–Crippen MR) is 122 cm³/mol. The van der Waals surface area contributed by atoms with Gasteiger partial charge in [0.15, 0.2) is 0 Å². The molecule has 4 heterocycles. The van der Waals surface area contributed by atoms with Gasteiger partial charge in [0.1, 0.15) is 5.69 Å². The summed E-state index contributed by atoms with van der Waals surface area (Å²) in [6.07, 6.45) is 3.15. The average Bonchev–Trinajstić information content (AvgIpc) is 3.57. The highest BCUT2D eigenvalue weighted by atomic mass is 32.1. The number of nitrogens with zero attached hydrogens (tertiary/aromatic N) is 4. The molecule has 1 aliphatic heterocycles. The number of thiophene rings is 2. The number of hydrazone groups is 1. The van der Waals surface area contributed by atoms with Crippen LogP contribution in [0.15, 0.2) is 76.7 Å². The molecule has 1 amide bonds. The Bertz CT molecular complexity index is 1180. The largest absolute Gasteiger partial charge is 0.273 e. The quantitative estimate of drug-likeness (QED) is 0.403. The molecule has 4 aromatic rings. The minimum absolute atomic E-state index is 0.0242. The summed E-state index contributed by atoms with van der Waals surface area (Å²) in [6.45, 7) is 1.88. The summed E-state index contributed by atoms with van der Waals surface area (Å²) < 4.78 is 1.90. The van der Waals surface area contributed by atoms with Crippen molar-refractivity contribution >= 4 is 34.3 Å². The van der Waals surface area contributed by atoms with Crippen LogP contribution in [0.4, 0.5) is 0 Å². The zero-order chi connectivity index (χ0) is 20.5. The van der Waals surface area contributed by atoms with Gasteiger partial charge in [-0.1, -0.05) is 37.3 Å². The van der Waals surface area contributed by atoms with Gasteiger partial charge in [-0.15, -0.1) is 22.7 Å². The Hall–Kier alpha value is -3.03. The Morgan fingerprint density at radius 2 is 1.77 bits per heavy atom. The Kier molecular flexibility index (Phi) is 5.06. The highest BCUT2D eigenvalue weighted by molar-refractivity contribution is 7.13. The van der Waals surface area contributed by atoms with E-state index in [1.807, 2.05) is 59.5 Å². The van der Waals surface area contributed by atoms with Crippen molar-refractivity contribution in [2.45, 2.75) is 25.8 Å². The SMILES string of the molecule is CCC(=O)N1N=C(c2cccs2)CC1c1cn(-c2ccccc2)nc1-c1cccs1. The van der Waals surface area contributed by atoms with Crippen LogP contribution in [0.2, 0.25) is 0 Å². The normalized spacial score (nSPS) is 16.1. The maximum atomic E-state index is 12.8. The maximum Gasteiger partial charge on any atom is 0.242 e. The van der Waals surface area contributed by atoms with Gasteiger partial charge in [0.25, 0.3) is 0 Å². The zero-order valence-corrected chi connectivity index (χ0v) is 18.1. The summed E-state index contributed by atoms with van der Waals surface area (Å²) in [7, 11) is 0. The maximum absolute atomic E-state index is 12.8. The van der Waals surface area contributed by atoms with E-state index in [0.29, 0.717) is 12.8 Å². The fraction of sp³-hybridized carbons (Fsp3) is 0.174. The van der Waals surface area contributed by atoms with Crippen molar-refractivity contribution in [3.63, 3.8) is 0 Å². The zero-order valence-electron chi connectivity index (χ0n) is 16.4. The molecule has 0 saturated carbocycles. The van der Waals surface area contributed by atoms with Gasteiger partial charge >= 0.3 is 0 Å². The number of carbonyl (C=O) groups excluding carboxylic acids is 1. The number of aromatic nitrogens is 2. The van der Waals surface area contributed by atoms with Crippen molar-refractivity contribution < 1.29 is 4.79 Å². The third-order valence-electron chi connectivity index (χ3n) is 5.15. The lowest BCUT2D eigenvalue weighted by Gasteiger charge is -2.21. The topological polar surface area (TPSA) is 50.5 Å². The molecule has 5 rings (SSSR count). The molecule has 30 heavy (non-hydrogen) atoms. The fourth-order valence-electron chi connectivity index (χ4n) is 3.69. The lowest BCUT2D eigenvalue weighted by molar-refractivity contribution is -0.132. The number of amides is 1. The lowest BCUT2D eigenvalue weighted by atomic mass is 10.0. The first-order chi connectivity index (χ1) is 14.7. The monoisotopic (exact) mass is 432 g/mol. The van der Waals surface area contributed by atoms with Crippen LogP contribution in [0.1, 0.15) is 36.2 Å². The van der Waals surface area contributed by atoms with Gasteiger partial charge < -0.3 is 0 Å². The molecule has 1 unspecified atom stereocenters. The predicted octanol–water partition coefficient (Wildman–Crippen LogP) is 5.75. The second-order valence-corrected chi connectivity index (χ2v) is 8.92. The fourth-order valence-corrected chi connectivity index (χ4v) is 5.14. The summed E-state index contributed by atoms with van der Waals surface area (Å²) in [4.78, 5) is 15.0. The van der Waals surface area contributed by atoms with Crippen LogP contribution in [0, 0.1) is 0 Å². The summed E-state index contributed by atoms with van der Waals surface area (Å²) in [6, 6.07) is 18.1. The van der Waals surface area contributed by atoms with E-state index >= 15 is 0 Å². The van der Waals surface area contributed by atoms with E-state index in [1.165, 1.54) is 0 Å². The van der Waals surface area contributed by atoms with Crippen LogP contribution in [0.3, 0.4) is 0 Å². The van der Waals surface area contributed by atoms with Crippen LogP contribution in [-0.4, -0.2) is 26.4 Å². The first-order valence-corrected chi connectivity index (χ1v) is 11.6. The van der Waals surface area contributed by atoms with Crippen LogP contribution >= 0.6 is 22.7 Å². The third kappa shape index (κ3) is 3.40. The van der Waals surface area contributed by atoms with Crippen molar-refractivity contribution in [2.75, 3.05) is 0 Å². The molecule has 1 aromatic carbocycles. The molecule has 7 heteroatoms. The second-order valence-electron chi connectivity index (χ2n) is 7.03. The molecule has 3 aromatic heterocycles. The Balaban J connectivity index is 1.61. The molecule has 0 radical (unpaired) electrons. The van der Waals surface area contributed by atoms with E-state index in [-0.39, 0.29) is 11.9 Å². The number of hydrogen-bond donors (Lipinski definition) is 0. The second kappa shape index (κ2) is 8.01. The molecule has 0 aliphatic carbocycles. The van der Waals surface area contributed by atoms with Gasteiger partial charge in [-0.25, -0.2) is 9.69 Å². The Morgan fingerprint density at radius 1 is 1.03 bits per heavy atom. The van der Waals surface area contributed by atoms with E-state index < -0.39 is 0 Å². The summed E-state index contributed by atoms with van der Waals surface area (Å²) in [5, 5.41) is 15.4. The van der Waals surface area contributed by atoms with E-state index in [9.17, 15) is 4.79 Å². The minimum Gasteiger partial charge on any atom is -0.273 e. The van der Waals surface area contributed by atoms with Gasteiger partial charge in [-0.3, -0.25) is 4.79 Å². The van der Waals surface area contributed by atoms with Gasteiger partial charge in [-0.2, -0.15) is 10.2 Å². The van der Waals surface area contributed by atoms with E-state index in [2.05, 4.69) is 23.7 Å². The van der Waals surface area contributed by atoms with E-state index in [4.69, 9.17) is 10.2 Å². The Labute approximate surface area is 182 Å². The van der Waals surface area contributed by atoms with Gasteiger partial charge in [0.05, 0.1) is 27.2 Å².